The molecule has 1 aromatic rings. The molecule has 1 atom stereocenters. The molecule has 0 radical (unpaired) electrons. The molecule has 0 bridgehead atoms. The van der Waals surface area contributed by atoms with E-state index in [2.05, 4.69) is 17.1 Å². The second-order valence-electron chi connectivity index (χ2n) is 7.53. The van der Waals surface area contributed by atoms with Crippen molar-refractivity contribution in [2.75, 3.05) is 54.0 Å². The van der Waals surface area contributed by atoms with Crippen molar-refractivity contribution < 1.29 is 22.7 Å². The van der Waals surface area contributed by atoms with Crippen molar-refractivity contribution in [3.8, 4) is 11.5 Å². The third kappa shape index (κ3) is 6.58. The lowest BCUT2D eigenvalue weighted by atomic mass is 10.0. The summed E-state index contributed by atoms with van der Waals surface area (Å²) >= 11 is 0. The van der Waals surface area contributed by atoms with Gasteiger partial charge in [-0.05, 0) is 50.4 Å². The van der Waals surface area contributed by atoms with E-state index in [0.29, 0.717) is 18.0 Å². The van der Waals surface area contributed by atoms with E-state index in [9.17, 15) is 13.2 Å². The van der Waals surface area contributed by atoms with Crippen molar-refractivity contribution in [1.82, 2.24) is 14.5 Å². The van der Waals surface area contributed by atoms with Crippen LogP contribution in [-0.2, 0) is 14.8 Å². The summed E-state index contributed by atoms with van der Waals surface area (Å²) in [5, 5.41) is 2.81. The Labute approximate surface area is 174 Å². The van der Waals surface area contributed by atoms with Crippen molar-refractivity contribution in [3.63, 3.8) is 0 Å². The van der Waals surface area contributed by atoms with Crippen molar-refractivity contribution in [3.05, 3.63) is 18.2 Å². The minimum atomic E-state index is -3.82. The summed E-state index contributed by atoms with van der Waals surface area (Å²) in [6, 6.07) is 4.36. The van der Waals surface area contributed by atoms with Crippen LogP contribution in [0.5, 0.6) is 11.5 Å². The molecule has 0 saturated carbocycles. The van der Waals surface area contributed by atoms with Crippen LogP contribution in [0, 0.1) is 5.92 Å². The number of ether oxygens (including phenoxy) is 2. The quantitative estimate of drug-likeness (QED) is 0.570. The molecule has 164 valence electrons. The fourth-order valence-corrected chi connectivity index (χ4v) is 4.66. The first-order valence-electron chi connectivity index (χ1n) is 9.95. The third-order valence-corrected chi connectivity index (χ3v) is 6.94. The highest BCUT2D eigenvalue weighted by molar-refractivity contribution is 7.89. The molecule has 1 fully saturated rings. The molecular weight excluding hydrogens is 394 g/mol. The number of piperidine rings is 1. The highest BCUT2D eigenvalue weighted by Crippen LogP contribution is 2.30. The molecule has 1 heterocycles. The van der Waals surface area contributed by atoms with E-state index in [4.69, 9.17) is 9.47 Å². The summed E-state index contributed by atoms with van der Waals surface area (Å²) in [6.45, 7) is 5.74. The maximum Gasteiger partial charge on any atom is 0.243 e. The zero-order valence-corrected chi connectivity index (χ0v) is 18.6. The second kappa shape index (κ2) is 10.8. The zero-order chi connectivity index (χ0) is 21.4. The van der Waals surface area contributed by atoms with Gasteiger partial charge in [0.15, 0.2) is 11.5 Å². The van der Waals surface area contributed by atoms with Gasteiger partial charge in [-0.25, -0.2) is 8.42 Å². The van der Waals surface area contributed by atoms with Gasteiger partial charge in [-0.15, -0.1) is 0 Å². The molecule has 0 aromatic heterocycles. The number of nitrogens with zero attached hydrogens (tertiary/aromatic N) is 2. The Balaban J connectivity index is 1.83. The fourth-order valence-electron chi connectivity index (χ4n) is 3.52. The standard InChI is InChI=1S/C20H33N3O5S/c1-16-7-5-11-23(14-16)12-6-10-21-20(24)15-22(2)29(25,26)17-8-9-18(27-3)19(13-17)28-4/h8-9,13,16H,5-7,10-12,14-15H2,1-4H3,(H,21,24). The van der Waals surface area contributed by atoms with Crippen molar-refractivity contribution in [1.29, 1.82) is 0 Å². The number of carbonyl (C=O) groups excluding carboxylic acids is 1. The van der Waals surface area contributed by atoms with Gasteiger partial charge in [0.05, 0.1) is 25.7 Å². The summed E-state index contributed by atoms with van der Waals surface area (Å²) in [5.41, 5.74) is 0. The van der Waals surface area contributed by atoms with E-state index in [0.717, 1.165) is 36.3 Å². The monoisotopic (exact) mass is 427 g/mol. The van der Waals surface area contributed by atoms with Gasteiger partial charge in [-0.2, -0.15) is 4.31 Å². The van der Waals surface area contributed by atoms with Crippen molar-refractivity contribution >= 4 is 15.9 Å². The Kier molecular flexibility index (Phi) is 8.73. The van der Waals surface area contributed by atoms with Crippen LogP contribution in [0.2, 0.25) is 0 Å². The number of rotatable bonds is 10. The van der Waals surface area contributed by atoms with Gasteiger partial charge >= 0.3 is 0 Å². The number of benzene rings is 1. The molecule has 1 aliphatic heterocycles. The van der Waals surface area contributed by atoms with Gasteiger partial charge < -0.3 is 19.7 Å². The molecule has 1 amide bonds. The molecule has 1 unspecified atom stereocenters. The predicted octanol–water partition coefficient (Wildman–Crippen LogP) is 1.56. The lowest BCUT2D eigenvalue weighted by molar-refractivity contribution is -0.121. The van der Waals surface area contributed by atoms with E-state index < -0.39 is 10.0 Å². The molecule has 2 rings (SSSR count). The highest BCUT2D eigenvalue weighted by atomic mass is 32.2. The number of carbonyl (C=O) groups is 1. The lowest BCUT2D eigenvalue weighted by Gasteiger charge is -2.30. The smallest absolute Gasteiger partial charge is 0.243 e. The summed E-state index contributed by atoms with van der Waals surface area (Å²) in [7, 11) is 0.494. The molecule has 29 heavy (non-hydrogen) atoms. The van der Waals surface area contributed by atoms with Gasteiger partial charge in [0.1, 0.15) is 0 Å². The molecule has 1 aromatic carbocycles. The van der Waals surface area contributed by atoms with Crippen LogP contribution in [0.4, 0.5) is 0 Å². The number of sulfonamides is 1. The van der Waals surface area contributed by atoms with Crippen LogP contribution in [0.25, 0.3) is 0 Å². The van der Waals surface area contributed by atoms with Gasteiger partial charge in [0, 0.05) is 26.2 Å². The number of amides is 1. The van der Waals surface area contributed by atoms with Crippen LogP contribution >= 0.6 is 0 Å². The van der Waals surface area contributed by atoms with Gasteiger partial charge in [0.2, 0.25) is 15.9 Å². The minimum Gasteiger partial charge on any atom is -0.493 e. The number of nitrogens with one attached hydrogen (secondary N) is 1. The first kappa shape index (κ1) is 23.4. The Morgan fingerprint density at radius 2 is 2.00 bits per heavy atom. The number of likely N-dealkylation sites (N-methyl/N-ethyl adjacent to an activating group) is 1. The molecule has 8 nitrogen and oxygen atoms in total. The summed E-state index contributed by atoms with van der Waals surface area (Å²) < 4.78 is 36.8. The topological polar surface area (TPSA) is 88.2 Å². The van der Waals surface area contributed by atoms with Crippen LogP contribution in [0.3, 0.4) is 0 Å². The van der Waals surface area contributed by atoms with E-state index in [1.807, 2.05) is 0 Å². The average Bonchev–Trinajstić information content (AvgIpc) is 2.70. The van der Waals surface area contributed by atoms with Crippen LogP contribution in [-0.4, -0.2) is 77.5 Å². The number of methoxy groups -OCH3 is 2. The normalized spacial score (nSPS) is 17.9. The molecule has 0 aliphatic carbocycles. The number of likely N-dealkylation sites (tertiary alicyclic amines) is 1. The molecule has 9 heteroatoms. The Morgan fingerprint density at radius 3 is 2.66 bits per heavy atom. The van der Waals surface area contributed by atoms with Crippen LogP contribution in [0.15, 0.2) is 23.1 Å². The second-order valence-corrected chi connectivity index (χ2v) is 9.57. The van der Waals surface area contributed by atoms with E-state index in [1.165, 1.54) is 52.3 Å². The Bertz CT molecular complexity index is 784. The Hall–Kier alpha value is -1.84. The maximum absolute atomic E-state index is 12.7. The van der Waals surface area contributed by atoms with Crippen molar-refractivity contribution in [2.45, 2.75) is 31.1 Å². The lowest BCUT2D eigenvalue weighted by Crippen LogP contribution is -2.40. The summed E-state index contributed by atoms with van der Waals surface area (Å²) in [4.78, 5) is 14.7. The third-order valence-electron chi connectivity index (χ3n) is 5.14. The molecular formula is C20H33N3O5S. The minimum absolute atomic E-state index is 0.0460. The predicted molar refractivity (Wildman–Crippen MR) is 112 cm³/mol. The molecule has 1 N–H and O–H groups in total. The van der Waals surface area contributed by atoms with E-state index in [-0.39, 0.29) is 17.3 Å². The fraction of sp³-hybridized carbons (Fsp3) is 0.650. The largest absolute Gasteiger partial charge is 0.493 e. The van der Waals surface area contributed by atoms with Crippen LogP contribution < -0.4 is 14.8 Å². The summed E-state index contributed by atoms with van der Waals surface area (Å²) in [5.74, 6) is 1.17. The van der Waals surface area contributed by atoms with E-state index >= 15 is 0 Å². The SMILES string of the molecule is COc1ccc(S(=O)(=O)N(C)CC(=O)NCCCN2CCCC(C)C2)cc1OC. The number of hydrogen-bond donors (Lipinski definition) is 1. The molecule has 0 spiro atoms. The van der Waals surface area contributed by atoms with Gasteiger partial charge in [-0.3, -0.25) is 4.79 Å². The molecule has 1 saturated heterocycles. The van der Waals surface area contributed by atoms with Crippen LogP contribution in [0.1, 0.15) is 26.2 Å². The van der Waals surface area contributed by atoms with E-state index in [1.54, 1.807) is 0 Å². The Morgan fingerprint density at radius 1 is 1.28 bits per heavy atom. The summed E-state index contributed by atoms with van der Waals surface area (Å²) in [6.07, 6.45) is 3.37. The maximum atomic E-state index is 12.7. The average molecular weight is 428 g/mol. The van der Waals surface area contributed by atoms with Crippen molar-refractivity contribution in [2.24, 2.45) is 5.92 Å². The molecule has 1 aliphatic rings. The van der Waals surface area contributed by atoms with Gasteiger partial charge in [0.25, 0.3) is 0 Å². The number of hydrogen-bond acceptors (Lipinski definition) is 6. The highest BCUT2D eigenvalue weighted by Gasteiger charge is 2.24. The first-order valence-corrected chi connectivity index (χ1v) is 11.4. The van der Waals surface area contributed by atoms with Gasteiger partial charge in [-0.1, -0.05) is 6.92 Å². The first-order chi connectivity index (χ1) is 13.8. The zero-order valence-electron chi connectivity index (χ0n) is 17.8.